The fourth-order valence-electron chi connectivity index (χ4n) is 1.80. The van der Waals surface area contributed by atoms with Crippen molar-refractivity contribution < 1.29 is 19.6 Å². The van der Waals surface area contributed by atoms with E-state index in [1.54, 1.807) is 0 Å². The predicted molar refractivity (Wildman–Crippen MR) is 96.9 cm³/mol. The van der Waals surface area contributed by atoms with Crippen LogP contribution in [0, 0.1) is 10.1 Å². The minimum Gasteiger partial charge on any atom is -0.508 e. The van der Waals surface area contributed by atoms with E-state index in [9.17, 15) is 19.7 Å². The number of phenolic OH excluding ortho intramolecular Hbond substituents is 1. The Balaban J connectivity index is 1.94. The van der Waals surface area contributed by atoms with Gasteiger partial charge in [0.1, 0.15) is 10.8 Å². The van der Waals surface area contributed by atoms with E-state index in [-0.39, 0.29) is 27.0 Å². The average molecular weight is 395 g/mol. The summed E-state index contributed by atoms with van der Waals surface area (Å²) in [7, 11) is 0. The van der Waals surface area contributed by atoms with Gasteiger partial charge in [-0.1, -0.05) is 11.6 Å². The Labute approximate surface area is 157 Å². The number of rotatable bonds is 3. The Kier molecular flexibility index (Phi) is 6.04. The molecule has 11 heteroatoms. The van der Waals surface area contributed by atoms with Crippen molar-refractivity contribution in [2.75, 3.05) is 0 Å². The van der Waals surface area contributed by atoms with Crippen molar-refractivity contribution in [3.05, 3.63) is 68.7 Å². The van der Waals surface area contributed by atoms with Gasteiger partial charge in [-0.3, -0.25) is 35.9 Å². The number of hydrogen-bond donors (Lipinski definition) is 4. The fraction of sp³-hybridized carbons (Fsp3) is 0. The lowest BCUT2D eigenvalue weighted by atomic mass is 10.2. The summed E-state index contributed by atoms with van der Waals surface area (Å²) in [6.45, 7) is 0. The van der Waals surface area contributed by atoms with E-state index < -0.39 is 22.4 Å². The van der Waals surface area contributed by atoms with E-state index in [0.29, 0.717) is 0 Å². The monoisotopic (exact) mass is 394 g/mol. The third-order valence-electron chi connectivity index (χ3n) is 3.05. The molecule has 0 saturated carbocycles. The van der Waals surface area contributed by atoms with Crippen molar-refractivity contribution in [2.24, 2.45) is 0 Å². The van der Waals surface area contributed by atoms with Crippen LogP contribution in [0.3, 0.4) is 0 Å². The lowest BCUT2D eigenvalue weighted by Crippen LogP contribution is -2.48. The number of nitrogens with one attached hydrogen (secondary N) is 3. The van der Waals surface area contributed by atoms with E-state index in [0.717, 1.165) is 6.07 Å². The highest BCUT2D eigenvalue weighted by atomic mass is 35.5. The Morgan fingerprint density at radius 2 is 1.65 bits per heavy atom. The number of nitro groups is 1. The first-order valence-electron chi connectivity index (χ1n) is 6.92. The Morgan fingerprint density at radius 3 is 2.27 bits per heavy atom. The first-order valence-corrected chi connectivity index (χ1v) is 7.71. The number of halogens is 1. The van der Waals surface area contributed by atoms with Crippen molar-refractivity contribution in [1.29, 1.82) is 0 Å². The lowest BCUT2D eigenvalue weighted by Gasteiger charge is -2.11. The third-order valence-corrected chi connectivity index (χ3v) is 3.57. The zero-order chi connectivity index (χ0) is 19.3. The maximum Gasteiger partial charge on any atom is 0.288 e. The molecule has 0 aromatic heterocycles. The minimum atomic E-state index is -0.721. The van der Waals surface area contributed by atoms with E-state index in [2.05, 4.69) is 16.2 Å². The second-order valence-corrected chi connectivity index (χ2v) is 5.65. The number of carbonyl (C=O) groups excluding carboxylic acids is 2. The maximum atomic E-state index is 12.0. The molecule has 26 heavy (non-hydrogen) atoms. The topological polar surface area (TPSA) is 134 Å². The van der Waals surface area contributed by atoms with Gasteiger partial charge in [-0.15, -0.1) is 0 Å². The summed E-state index contributed by atoms with van der Waals surface area (Å²) < 4.78 is 0. The normalized spacial score (nSPS) is 9.88. The predicted octanol–water partition coefficient (Wildman–Crippen LogP) is 1.90. The fourth-order valence-corrected chi connectivity index (χ4v) is 2.13. The number of carbonyl (C=O) groups is 2. The smallest absolute Gasteiger partial charge is 0.288 e. The average Bonchev–Trinajstić information content (AvgIpc) is 2.60. The molecule has 0 aliphatic heterocycles. The maximum absolute atomic E-state index is 12.0. The summed E-state index contributed by atoms with van der Waals surface area (Å²) in [5, 5.41) is 21.9. The van der Waals surface area contributed by atoms with Crippen molar-refractivity contribution in [3.63, 3.8) is 0 Å². The molecule has 2 aromatic rings. The number of phenols is 1. The first-order chi connectivity index (χ1) is 12.3. The minimum absolute atomic E-state index is 0.00866. The zero-order valence-corrected chi connectivity index (χ0v) is 14.4. The molecular weight excluding hydrogens is 384 g/mol. The molecule has 0 fully saturated rings. The van der Waals surface area contributed by atoms with Crippen molar-refractivity contribution in [2.45, 2.75) is 0 Å². The highest BCUT2D eigenvalue weighted by Gasteiger charge is 2.17. The van der Waals surface area contributed by atoms with Gasteiger partial charge in [0.25, 0.3) is 17.5 Å². The van der Waals surface area contributed by atoms with E-state index in [1.807, 2.05) is 0 Å². The molecule has 0 bridgehead atoms. The Bertz CT molecular complexity index is 888. The highest BCUT2D eigenvalue weighted by Crippen LogP contribution is 2.24. The van der Waals surface area contributed by atoms with Crippen LogP contribution in [0.15, 0.2) is 42.5 Å². The van der Waals surface area contributed by atoms with Gasteiger partial charge < -0.3 is 5.11 Å². The van der Waals surface area contributed by atoms with Crippen molar-refractivity contribution in [3.8, 4) is 5.75 Å². The molecule has 9 nitrogen and oxygen atoms in total. The summed E-state index contributed by atoms with van der Waals surface area (Å²) in [6.07, 6.45) is 0. The molecule has 0 unspecified atom stereocenters. The summed E-state index contributed by atoms with van der Waals surface area (Å²) >= 11 is 10.6. The van der Waals surface area contributed by atoms with E-state index in [1.165, 1.54) is 36.4 Å². The van der Waals surface area contributed by atoms with Gasteiger partial charge in [0.2, 0.25) is 0 Å². The summed E-state index contributed by atoms with van der Waals surface area (Å²) in [6, 6.07) is 8.97. The molecule has 4 N–H and O–H groups in total. The van der Waals surface area contributed by atoms with Crippen LogP contribution in [0.2, 0.25) is 5.02 Å². The molecule has 2 rings (SSSR count). The number of nitrogens with zero attached hydrogens (tertiary/aromatic N) is 1. The second-order valence-electron chi connectivity index (χ2n) is 4.83. The number of hydrazine groups is 1. The molecule has 2 aromatic carbocycles. The molecular formula is C15H11ClN4O5S. The van der Waals surface area contributed by atoms with E-state index in [4.69, 9.17) is 28.9 Å². The SMILES string of the molecule is O=C(NNC(=S)NC(=O)c1ccc(Cl)c([N+](=O)[O-])c1)c1ccc(O)cc1. The van der Waals surface area contributed by atoms with Crippen LogP contribution < -0.4 is 16.2 Å². The van der Waals surface area contributed by atoms with Gasteiger partial charge in [0.15, 0.2) is 5.11 Å². The molecule has 134 valence electrons. The van der Waals surface area contributed by atoms with Gasteiger partial charge in [0, 0.05) is 17.2 Å². The van der Waals surface area contributed by atoms with Gasteiger partial charge in [-0.2, -0.15) is 0 Å². The second kappa shape index (κ2) is 8.23. The molecule has 2 amide bonds. The van der Waals surface area contributed by atoms with Crippen LogP contribution in [0.5, 0.6) is 5.75 Å². The van der Waals surface area contributed by atoms with Crippen LogP contribution in [0.1, 0.15) is 20.7 Å². The van der Waals surface area contributed by atoms with Crippen LogP contribution >= 0.6 is 23.8 Å². The van der Waals surface area contributed by atoms with Crippen LogP contribution in [0.25, 0.3) is 0 Å². The Morgan fingerprint density at radius 1 is 1.04 bits per heavy atom. The summed E-state index contributed by atoms with van der Waals surface area (Å²) in [5.41, 5.74) is 4.38. The van der Waals surface area contributed by atoms with Crippen LogP contribution in [0.4, 0.5) is 5.69 Å². The summed E-state index contributed by atoms with van der Waals surface area (Å²) in [4.78, 5) is 34.0. The summed E-state index contributed by atoms with van der Waals surface area (Å²) in [5.74, 6) is -1.26. The molecule has 0 atom stereocenters. The number of amides is 2. The van der Waals surface area contributed by atoms with Crippen LogP contribution in [-0.4, -0.2) is 27.0 Å². The Hall–Kier alpha value is -3.24. The number of thiocarbonyl (C=S) groups is 1. The largest absolute Gasteiger partial charge is 0.508 e. The molecule has 0 aliphatic carbocycles. The molecule has 0 saturated heterocycles. The third kappa shape index (κ3) is 4.88. The molecule has 0 aliphatic rings. The quantitative estimate of drug-likeness (QED) is 0.355. The van der Waals surface area contributed by atoms with Gasteiger partial charge in [-0.25, -0.2) is 0 Å². The van der Waals surface area contributed by atoms with Crippen LogP contribution in [-0.2, 0) is 0 Å². The standard InChI is InChI=1S/C15H11ClN4O5S/c16-11-6-3-9(7-12(11)20(24)25)13(22)17-15(26)19-18-14(23)8-1-4-10(21)5-2-8/h1-7,21H,(H,18,23)(H2,17,19,22,26). The molecule has 0 spiro atoms. The van der Waals surface area contributed by atoms with Gasteiger partial charge in [0.05, 0.1) is 4.92 Å². The zero-order valence-electron chi connectivity index (χ0n) is 12.9. The lowest BCUT2D eigenvalue weighted by molar-refractivity contribution is -0.384. The van der Waals surface area contributed by atoms with Crippen molar-refractivity contribution in [1.82, 2.24) is 16.2 Å². The number of hydrogen-bond acceptors (Lipinski definition) is 6. The number of nitro benzene ring substituents is 1. The highest BCUT2D eigenvalue weighted by molar-refractivity contribution is 7.80. The van der Waals surface area contributed by atoms with E-state index >= 15 is 0 Å². The van der Waals surface area contributed by atoms with Gasteiger partial charge >= 0.3 is 0 Å². The van der Waals surface area contributed by atoms with Gasteiger partial charge in [-0.05, 0) is 48.6 Å². The molecule has 0 heterocycles. The van der Waals surface area contributed by atoms with Crippen molar-refractivity contribution >= 4 is 46.4 Å². The first kappa shape index (κ1) is 19.1. The number of aromatic hydroxyl groups is 1. The molecule has 0 radical (unpaired) electrons. The number of benzene rings is 2.